The summed E-state index contributed by atoms with van der Waals surface area (Å²) in [4.78, 5) is 28.2. The summed E-state index contributed by atoms with van der Waals surface area (Å²) in [5.74, 6) is -0.335. The van der Waals surface area contributed by atoms with E-state index in [-0.39, 0.29) is 30.7 Å². The minimum atomic E-state index is -0.933. The first kappa shape index (κ1) is 17.5. The van der Waals surface area contributed by atoms with Crippen LogP contribution >= 0.6 is 0 Å². The second-order valence-corrected chi connectivity index (χ2v) is 6.83. The van der Waals surface area contributed by atoms with Crippen LogP contribution in [0.4, 0.5) is 0 Å². The van der Waals surface area contributed by atoms with E-state index in [0.29, 0.717) is 19.6 Å². The van der Waals surface area contributed by atoms with Crippen molar-refractivity contribution in [2.45, 2.75) is 39.3 Å². The maximum Gasteiger partial charge on any atom is 0.228 e. The monoisotopic (exact) mass is 318 g/mol. The first-order valence-corrected chi connectivity index (χ1v) is 8.13. The van der Waals surface area contributed by atoms with E-state index in [1.807, 2.05) is 37.3 Å². The van der Waals surface area contributed by atoms with Gasteiger partial charge in [-0.05, 0) is 26.3 Å². The van der Waals surface area contributed by atoms with Crippen LogP contribution in [0.1, 0.15) is 32.8 Å². The molecule has 1 saturated heterocycles. The Bertz CT molecular complexity index is 551. The second-order valence-electron chi connectivity index (χ2n) is 6.83. The molecule has 1 N–H and O–H groups in total. The molecule has 1 heterocycles. The summed E-state index contributed by atoms with van der Waals surface area (Å²) in [7, 11) is 0. The summed E-state index contributed by atoms with van der Waals surface area (Å²) in [6.45, 7) is 7.07. The Kier molecular flexibility index (Phi) is 5.42. The highest BCUT2D eigenvalue weighted by atomic mass is 16.3. The standard InChI is InChI=1S/C18H26N2O3/c1-4-19(13-18(2,3)23)17(22)15-10-16(21)20(12-15)11-14-8-6-5-7-9-14/h5-9,15,23H,4,10-13H2,1-3H3. The molecule has 0 spiro atoms. The molecule has 1 aromatic rings. The van der Waals surface area contributed by atoms with E-state index < -0.39 is 5.60 Å². The van der Waals surface area contributed by atoms with Gasteiger partial charge in [0, 0.05) is 32.6 Å². The Labute approximate surface area is 137 Å². The van der Waals surface area contributed by atoms with Crippen molar-refractivity contribution in [1.29, 1.82) is 0 Å². The molecule has 0 aromatic heterocycles. The van der Waals surface area contributed by atoms with Gasteiger partial charge in [-0.3, -0.25) is 9.59 Å². The van der Waals surface area contributed by atoms with Crippen molar-refractivity contribution in [2.75, 3.05) is 19.6 Å². The Morgan fingerprint density at radius 2 is 2.00 bits per heavy atom. The van der Waals surface area contributed by atoms with Crippen molar-refractivity contribution in [3.63, 3.8) is 0 Å². The largest absolute Gasteiger partial charge is 0.389 e. The highest BCUT2D eigenvalue weighted by molar-refractivity contribution is 5.89. The Morgan fingerprint density at radius 1 is 1.35 bits per heavy atom. The lowest BCUT2D eigenvalue weighted by Gasteiger charge is -2.30. The predicted molar refractivity (Wildman–Crippen MR) is 88.5 cm³/mol. The highest BCUT2D eigenvalue weighted by Gasteiger charge is 2.37. The number of hydrogen-bond donors (Lipinski definition) is 1. The Morgan fingerprint density at radius 3 is 2.57 bits per heavy atom. The molecule has 2 amide bonds. The van der Waals surface area contributed by atoms with Gasteiger partial charge in [0.2, 0.25) is 11.8 Å². The lowest BCUT2D eigenvalue weighted by molar-refractivity contribution is -0.138. The molecule has 1 aromatic carbocycles. The third-order valence-corrected chi connectivity index (χ3v) is 4.05. The molecule has 23 heavy (non-hydrogen) atoms. The lowest BCUT2D eigenvalue weighted by atomic mass is 10.0. The van der Waals surface area contributed by atoms with Crippen LogP contribution in [0.25, 0.3) is 0 Å². The van der Waals surface area contributed by atoms with Crippen LogP contribution in [0.5, 0.6) is 0 Å². The van der Waals surface area contributed by atoms with E-state index in [0.717, 1.165) is 5.56 Å². The van der Waals surface area contributed by atoms with Crippen LogP contribution in [-0.2, 0) is 16.1 Å². The molecule has 2 rings (SSSR count). The van der Waals surface area contributed by atoms with Gasteiger partial charge in [0.05, 0.1) is 11.5 Å². The number of hydrogen-bond acceptors (Lipinski definition) is 3. The van der Waals surface area contributed by atoms with Crippen LogP contribution in [0.2, 0.25) is 0 Å². The fourth-order valence-electron chi connectivity index (χ4n) is 2.97. The molecular formula is C18H26N2O3. The van der Waals surface area contributed by atoms with Gasteiger partial charge in [-0.15, -0.1) is 0 Å². The smallest absolute Gasteiger partial charge is 0.228 e. The molecule has 5 heteroatoms. The number of likely N-dealkylation sites (tertiary alicyclic amines) is 1. The Balaban J connectivity index is 1.99. The molecule has 126 valence electrons. The van der Waals surface area contributed by atoms with Crippen molar-refractivity contribution in [2.24, 2.45) is 5.92 Å². The van der Waals surface area contributed by atoms with Gasteiger partial charge in [-0.25, -0.2) is 0 Å². The van der Waals surface area contributed by atoms with Crippen LogP contribution in [0.3, 0.4) is 0 Å². The number of carbonyl (C=O) groups is 2. The Hall–Kier alpha value is -1.88. The minimum absolute atomic E-state index is 0.0199. The van der Waals surface area contributed by atoms with E-state index in [1.54, 1.807) is 23.6 Å². The molecule has 5 nitrogen and oxygen atoms in total. The van der Waals surface area contributed by atoms with Gasteiger partial charge < -0.3 is 14.9 Å². The molecule has 1 aliphatic rings. The van der Waals surface area contributed by atoms with E-state index in [4.69, 9.17) is 0 Å². The number of nitrogens with zero attached hydrogens (tertiary/aromatic N) is 2. The fraction of sp³-hybridized carbons (Fsp3) is 0.556. The van der Waals surface area contributed by atoms with Gasteiger partial charge >= 0.3 is 0 Å². The van der Waals surface area contributed by atoms with Crippen molar-refractivity contribution in [3.05, 3.63) is 35.9 Å². The third-order valence-electron chi connectivity index (χ3n) is 4.05. The summed E-state index contributed by atoms with van der Waals surface area (Å²) in [5.41, 5.74) is 0.135. The average molecular weight is 318 g/mol. The molecular weight excluding hydrogens is 292 g/mol. The van der Waals surface area contributed by atoms with Crippen molar-refractivity contribution >= 4 is 11.8 Å². The zero-order valence-corrected chi connectivity index (χ0v) is 14.2. The van der Waals surface area contributed by atoms with Crippen molar-refractivity contribution < 1.29 is 14.7 Å². The van der Waals surface area contributed by atoms with Gasteiger partial charge in [-0.1, -0.05) is 30.3 Å². The molecule has 1 atom stereocenters. The van der Waals surface area contributed by atoms with E-state index in [1.165, 1.54) is 0 Å². The number of likely N-dealkylation sites (N-methyl/N-ethyl adjacent to an activating group) is 1. The maximum absolute atomic E-state index is 12.6. The zero-order valence-electron chi connectivity index (χ0n) is 14.2. The summed E-state index contributed by atoms with van der Waals surface area (Å²) < 4.78 is 0. The first-order valence-electron chi connectivity index (χ1n) is 8.13. The zero-order chi connectivity index (χ0) is 17.0. The number of benzene rings is 1. The number of carbonyl (C=O) groups excluding carboxylic acids is 2. The predicted octanol–water partition coefficient (Wildman–Crippen LogP) is 1.65. The molecule has 0 radical (unpaired) electrons. The van der Waals surface area contributed by atoms with E-state index >= 15 is 0 Å². The summed E-state index contributed by atoms with van der Waals surface area (Å²) in [5, 5.41) is 9.94. The van der Waals surface area contributed by atoms with Crippen LogP contribution < -0.4 is 0 Å². The van der Waals surface area contributed by atoms with Crippen molar-refractivity contribution in [1.82, 2.24) is 9.80 Å². The van der Waals surface area contributed by atoms with Crippen LogP contribution in [-0.4, -0.2) is 52.0 Å². The number of amides is 2. The molecule has 0 bridgehead atoms. The first-order chi connectivity index (χ1) is 10.8. The quantitative estimate of drug-likeness (QED) is 0.867. The van der Waals surface area contributed by atoms with Crippen molar-refractivity contribution in [3.8, 4) is 0 Å². The minimum Gasteiger partial charge on any atom is -0.389 e. The maximum atomic E-state index is 12.6. The van der Waals surface area contributed by atoms with Crippen LogP contribution in [0, 0.1) is 5.92 Å². The molecule has 1 fully saturated rings. The average Bonchev–Trinajstić information content (AvgIpc) is 2.85. The molecule has 0 saturated carbocycles. The second kappa shape index (κ2) is 7.13. The van der Waals surface area contributed by atoms with Crippen LogP contribution in [0.15, 0.2) is 30.3 Å². The normalized spacial score (nSPS) is 18.3. The highest BCUT2D eigenvalue weighted by Crippen LogP contribution is 2.23. The molecule has 1 aliphatic heterocycles. The fourth-order valence-corrected chi connectivity index (χ4v) is 2.97. The van der Waals surface area contributed by atoms with E-state index in [9.17, 15) is 14.7 Å². The summed E-state index contributed by atoms with van der Waals surface area (Å²) in [6, 6.07) is 9.79. The number of rotatable bonds is 6. The number of aliphatic hydroxyl groups is 1. The van der Waals surface area contributed by atoms with Gasteiger partial charge in [-0.2, -0.15) is 0 Å². The van der Waals surface area contributed by atoms with Gasteiger partial charge in [0.1, 0.15) is 0 Å². The van der Waals surface area contributed by atoms with Gasteiger partial charge in [0.15, 0.2) is 0 Å². The van der Waals surface area contributed by atoms with Gasteiger partial charge in [0.25, 0.3) is 0 Å². The molecule has 0 aliphatic carbocycles. The summed E-state index contributed by atoms with van der Waals surface area (Å²) >= 11 is 0. The third kappa shape index (κ3) is 4.79. The molecule has 1 unspecified atom stereocenters. The van der Waals surface area contributed by atoms with E-state index in [2.05, 4.69) is 0 Å². The lowest BCUT2D eigenvalue weighted by Crippen LogP contribution is -2.45. The topological polar surface area (TPSA) is 60.9 Å². The summed E-state index contributed by atoms with van der Waals surface area (Å²) in [6.07, 6.45) is 0.258. The SMILES string of the molecule is CCN(CC(C)(C)O)C(=O)C1CC(=O)N(Cc2ccccc2)C1.